The number of aryl methyl sites for hydroxylation is 1. The Kier molecular flexibility index (Phi) is 4.48. The second-order valence-electron chi connectivity index (χ2n) is 7.01. The van der Waals surface area contributed by atoms with Crippen LogP contribution in [0.4, 0.5) is 5.69 Å². The average Bonchev–Trinajstić information content (AvgIpc) is 2.35. The summed E-state index contributed by atoms with van der Waals surface area (Å²) in [4.78, 5) is 14.4. The SMILES string of the molecule is CC(C)(C)CC(N)CC(=O)N1CCCc2ccccc21. The largest absolute Gasteiger partial charge is 0.327 e. The number of nitrogens with two attached hydrogens (primary N) is 1. The standard InChI is InChI=1S/C17H26N2O/c1-17(2,3)12-14(18)11-16(20)19-10-6-8-13-7-4-5-9-15(13)19/h4-5,7,9,14H,6,8,10-12,18H2,1-3H3. The number of carbonyl (C=O) groups excluding carboxylic acids is 1. The number of hydrogen-bond acceptors (Lipinski definition) is 2. The summed E-state index contributed by atoms with van der Waals surface area (Å²) in [6, 6.07) is 8.14. The topological polar surface area (TPSA) is 46.3 Å². The van der Waals surface area contributed by atoms with E-state index in [1.54, 1.807) is 0 Å². The third-order valence-corrected chi connectivity index (χ3v) is 3.72. The summed E-state index contributed by atoms with van der Waals surface area (Å²) in [5.41, 5.74) is 8.66. The van der Waals surface area contributed by atoms with Crippen LogP contribution in [0.25, 0.3) is 0 Å². The summed E-state index contributed by atoms with van der Waals surface area (Å²) in [5, 5.41) is 0. The molecule has 20 heavy (non-hydrogen) atoms. The first-order chi connectivity index (χ1) is 9.37. The van der Waals surface area contributed by atoms with Crippen LogP contribution in [0, 0.1) is 5.41 Å². The van der Waals surface area contributed by atoms with Gasteiger partial charge in [0.25, 0.3) is 0 Å². The van der Waals surface area contributed by atoms with Crippen LogP contribution in [-0.4, -0.2) is 18.5 Å². The number of amides is 1. The lowest BCUT2D eigenvalue weighted by Crippen LogP contribution is -2.40. The summed E-state index contributed by atoms with van der Waals surface area (Å²) in [6.07, 6.45) is 3.41. The first-order valence-corrected chi connectivity index (χ1v) is 7.51. The van der Waals surface area contributed by atoms with Gasteiger partial charge in [-0.15, -0.1) is 0 Å². The molecule has 1 aliphatic rings. The Hall–Kier alpha value is -1.35. The molecular formula is C17H26N2O. The Morgan fingerprint density at radius 3 is 2.75 bits per heavy atom. The van der Waals surface area contributed by atoms with Gasteiger partial charge in [0.15, 0.2) is 0 Å². The lowest BCUT2D eigenvalue weighted by molar-refractivity contribution is -0.119. The van der Waals surface area contributed by atoms with Crippen LogP contribution in [-0.2, 0) is 11.2 Å². The average molecular weight is 274 g/mol. The highest BCUT2D eigenvalue weighted by Gasteiger charge is 2.25. The molecule has 1 aliphatic heterocycles. The molecule has 2 rings (SSSR count). The molecule has 0 fully saturated rings. The summed E-state index contributed by atoms with van der Waals surface area (Å²) in [7, 11) is 0. The van der Waals surface area contributed by atoms with E-state index in [9.17, 15) is 4.79 Å². The fourth-order valence-electron chi connectivity index (χ4n) is 2.99. The Morgan fingerprint density at radius 1 is 1.35 bits per heavy atom. The van der Waals surface area contributed by atoms with Crippen molar-refractivity contribution in [1.82, 2.24) is 0 Å². The fourth-order valence-corrected chi connectivity index (χ4v) is 2.99. The summed E-state index contributed by atoms with van der Waals surface area (Å²) >= 11 is 0. The molecule has 3 heteroatoms. The van der Waals surface area contributed by atoms with Crippen molar-refractivity contribution in [2.75, 3.05) is 11.4 Å². The van der Waals surface area contributed by atoms with E-state index in [4.69, 9.17) is 5.73 Å². The van der Waals surface area contributed by atoms with E-state index in [-0.39, 0.29) is 17.4 Å². The lowest BCUT2D eigenvalue weighted by Gasteiger charge is -2.31. The van der Waals surface area contributed by atoms with Gasteiger partial charge in [0.05, 0.1) is 0 Å². The minimum absolute atomic E-state index is 0.0587. The molecule has 0 radical (unpaired) electrons. The molecule has 2 N–H and O–H groups in total. The summed E-state index contributed by atoms with van der Waals surface area (Å²) in [5.74, 6) is 0.161. The molecule has 0 bridgehead atoms. The van der Waals surface area contributed by atoms with E-state index in [2.05, 4.69) is 26.8 Å². The van der Waals surface area contributed by atoms with Gasteiger partial charge in [-0.25, -0.2) is 0 Å². The number of nitrogens with zero attached hydrogens (tertiary/aromatic N) is 1. The first-order valence-electron chi connectivity index (χ1n) is 7.51. The molecule has 1 aromatic rings. The zero-order chi connectivity index (χ0) is 14.8. The van der Waals surface area contributed by atoms with Crippen molar-refractivity contribution in [3.8, 4) is 0 Å². The van der Waals surface area contributed by atoms with Gasteiger partial charge in [-0.2, -0.15) is 0 Å². The molecule has 1 heterocycles. The first kappa shape index (κ1) is 15.0. The molecule has 0 aromatic heterocycles. The van der Waals surface area contributed by atoms with Gasteiger partial charge in [0.2, 0.25) is 5.91 Å². The highest BCUT2D eigenvalue weighted by molar-refractivity contribution is 5.94. The minimum Gasteiger partial charge on any atom is -0.327 e. The van der Waals surface area contributed by atoms with Crippen LogP contribution in [0.1, 0.15) is 45.6 Å². The molecule has 1 aromatic carbocycles. The van der Waals surface area contributed by atoms with Crippen molar-refractivity contribution in [2.24, 2.45) is 11.1 Å². The number of benzene rings is 1. The highest BCUT2D eigenvalue weighted by Crippen LogP contribution is 2.28. The van der Waals surface area contributed by atoms with E-state index in [0.29, 0.717) is 6.42 Å². The Bertz CT molecular complexity index is 476. The van der Waals surface area contributed by atoms with Crippen LogP contribution in [0.3, 0.4) is 0 Å². The maximum atomic E-state index is 12.5. The molecule has 110 valence electrons. The predicted octanol–water partition coefficient (Wildman–Crippen LogP) is 3.12. The maximum absolute atomic E-state index is 12.5. The second-order valence-corrected chi connectivity index (χ2v) is 7.01. The molecule has 0 spiro atoms. The number of anilines is 1. The number of fused-ring (bicyclic) bond motifs is 1. The van der Waals surface area contributed by atoms with Crippen molar-refractivity contribution in [3.63, 3.8) is 0 Å². The lowest BCUT2D eigenvalue weighted by atomic mass is 9.87. The quantitative estimate of drug-likeness (QED) is 0.920. The highest BCUT2D eigenvalue weighted by atomic mass is 16.2. The van der Waals surface area contributed by atoms with Gasteiger partial charge in [-0.05, 0) is 36.3 Å². The van der Waals surface area contributed by atoms with Crippen LogP contribution < -0.4 is 10.6 Å². The maximum Gasteiger partial charge on any atom is 0.228 e. The van der Waals surface area contributed by atoms with Gasteiger partial charge in [-0.3, -0.25) is 4.79 Å². The van der Waals surface area contributed by atoms with Crippen molar-refractivity contribution < 1.29 is 4.79 Å². The van der Waals surface area contributed by atoms with Gasteiger partial charge < -0.3 is 10.6 Å². The van der Waals surface area contributed by atoms with Crippen LogP contribution >= 0.6 is 0 Å². The van der Waals surface area contributed by atoms with Crippen LogP contribution in [0.2, 0.25) is 0 Å². The molecule has 0 aliphatic carbocycles. The van der Waals surface area contributed by atoms with E-state index in [1.807, 2.05) is 23.1 Å². The van der Waals surface area contributed by atoms with Gasteiger partial charge in [-0.1, -0.05) is 39.0 Å². The van der Waals surface area contributed by atoms with Crippen LogP contribution in [0.15, 0.2) is 24.3 Å². The third kappa shape index (κ3) is 3.83. The van der Waals surface area contributed by atoms with E-state index in [0.717, 1.165) is 31.5 Å². The Labute approximate surface area is 122 Å². The molecule has 1 unspecified atom stereocenters. The fraction of sp³-hybridized carbons (Fsp3) is 0.588. The smallest absolute Gasteiger partial charge is 0.228 e. The number of hydrogen-bond donors (Lipinski definition) is 1. The second kappa shape index (κ2) is 5.96. The minimum atomic E-state index is -0.0587. The van der Waals surface area contributed by atoms with Crippen molar-refractivity contribution in [2.45, 2.75) is 52.5 Å². The summed E-state index contributed by atoms with van der Waals surface area (Å²) in [6.45, 7) is 7.30. The molecule has 1 atom stereocenters. The predicted molar refractivity (Wildman–Crippen MR) is 83.8 cm³/mol. The molecule has 1 amide bonds. The van der Waals surface area contributed by atoms with Gasteiger partial charge in [0, 0.05) is 24.7 Å². The summed E-state index contributed by atoms with van der Waals surface area (Å²) < 4.78 is 0. The Balaban J connectivity index is 2.04. The number of rotatable bonds is 3. The molecule has 3 nitrogen and oxygen atoms in total. The van der Waals surface area contributed by atoms with Crippen molar-refractivity contribution in [1.29, 1.82) is 0 Å². The zero-order valence-corrected chi connectivity index (χ0v) is 12.9. The van der Waals surface area contributed by atoms with Crippen molar-refractivity contribution in [3.05, 3.63) is 29.8 Å². The zero-order valence-electron chi connectivity index (χ0n) is 12.9. The van der Waals surface area contributed by atoms with E-state index < -0.39 is 0 Å². The van der Waals surface area contributed by atoms with Crippen molar-refractivity contribution >= 4 is 11.6 Å². The van der Waals surface area contributed by atoms with Crippen LogP contribution in [0.5, 0.6) is 0 Å². The van der Waals surface area contributed by atoms with E-state index >= 15 is 0 Å². The Morgan fingerprint density at radius 2 is 2.05 bits per heavy atom. The molecular weight excluding hydrogens is 248 g/mol. The van der Waals surface area contributed by atoms with E-state index in [1.165, 1.54) is 5.56 Å². The van der Waals surface area contributed by atoms with Gasteiger partial charge in [0.1, 0.15) is 0 Å². The molecule has 0 saturated carbocycles. The normalized spacial score (nSPS) is 16.7. The third-order valence-electron chi connectivity index (χ3n) is 3.72. The molecule has 0 saturated heterocycles. The number of para-hydroxylation sites is 1. The number of carbonyl (C=O) groups is 1. The monoisotopic (exact) mass is 274 g/mol. The van der Waals surface area contributed by atoms with Gasteiger partial charge >= 0.3 is 0 Å².